The Labute approximate surface area is 317 Å². The molecule has 1 aromatic carbocycles. The molecule has 1 aliphatic carbocycles. The molecule has 3 N–H and O–H groups in total. The van der Waals surface area contributed by atoms with Crippen LogP contribution in [0, 0.1) is 10.8 Å². The normalized spacial score (nSPS) is 22.1. The van der Waals surface area contributed by atoms with Crippen LogP contribution >= 0.6 is 0 Å². The highest BCUT2D eigenvalue weighted by molar-refractivity contribution is 6.09. The number of carbonyl (C=O) groups excluding carboxylic acids is 1. The number of benzene rings is 1. The van der Waals surface area contributed by atoms with Crippen LogP contribution in [-0.4, -0.2) is 74.0 Å². The van der Waals surface area contributed by atoms with E-state index in [1.54, 1.807) is 10.9 Å². The SMILES string of the molecule is CC1CCCCN1c1nnc2ccc(OC3CCC(NC(=O)NC(CC(=N)C(C)(C)C)=Nc4cnn(CCOC5CCCCO5)c4)c4ccccc43)cn12. The summed E-state index contributed by atoms with van der Waals surface area (Å²) >= 11 is 0. The number of ether oxygens (including phenoxy) is 3. The lowest BCUT2D eigenvalue weighted by molar-refractivity contribution is -0.163. The zero-order valence-electron chi connectivity index (χ0n) is 32.0. The molecule has 2 aliphatic heterocycles. The number of nitrogens with zero attached hydrogens (tertiary/aromatic N) is 7. The van der Waals surface area contributed by atoms with Crippen LogP contribution in [-0.2, 0) is 16.0 Å². The average Bonchev–Trinajstić information content (AvgIpc) is 3.79. The van der Waals surface area contributed by atoms with Crippen LogP contribution in [0.1, 0.15) is 109 Å². The molecular weight excluding hydrogens is 685 g/mol. The maximum Gasteiger partial charge on any atom is 0.320 e. The monoisotopic (exact) mass is 738 g/mol. The van der Waals surface area contributed by atoms with Gasteiger partial charge in [0, 0.05) is 31.3 Å². The molecule has 14 heteroatoms. The molecular formula is C40H54N10O4. The standard InChI is InChI=1S/C40H54N10O4/c1-27-11-7-9-19-49(27)39-47-46-36-18-15-29(26-50(36)39)54-33-17-16-32(30-12-5-6-13-31(30)33)44-38(51)45-35(23-34(41)40(2,3)4)43-28-24-42-48(25-28)20-22-53-37-14-8-10-21-52-37/h5-6,12-13,15,18,24-27,32-33,37,41H,7-11,14,16-17,19-23H2,1-4H3,(H2,43,44,45,51). The summed E-state index contributed by atoms with van der Waals surface area (Å²) in [7, 11) is 0. The first-order valence-corrected chi connectivity index (χ1v) is 19.5. The highest BCUT2D eigenvalue weighted by atomic mass is 16.7. The Morgan fingerprint density at radius 2 is 1.85 bits per heavy atom. The second-order valence-corrected chi connectivity index (χ2v) is 15.7. The van der Waals surface area contributed by atoms with Crippen molar-refractivity contribution in [2.24, 2.45) is 10.4 Å². The Hall–Kier alpha value is -4.82. The third-order valence-electron chi connectivity index (χ3n) is 10.6. The van der Waals surface area contributed by atoms with Crippen LogP contribution in [0.5, 0.6) is 5.75 Å². The summed E-state index contributed by atoms with van der Waals surface area (Å²) in [6.45, 7) is 10.9. The van der Waals surface area contributed by atoms with Gasteiger partial charge >= 0.3 is 6.03 Å². The van der Waals surface area contributed by atoms with Gasteiger partial charge in [0.2, 0.25) is 5.95 Å². The van der Waals surface area contributed by atoms with Crippen molar-refractivity contribution >= 4 is 34.9 Å². The van der Waals surface area contributed by atoms with Crippen molar-refractivity contribution in [1.82, 2.24) is 35.0 Å². The largest absolute Gasteiger partial charge is 0.484 e. The van der Waals surface area contributed by atoms with E-state index in [0.717, 1.165) is 73.7 Å². The van der Waals surface area contributed by atoms with Crippen LogP contribution in [0.4, 0.5) is 16.4 Å². The van der Waals surface area contributed by atoms with Gasteiger partial charge in [-0.05, 0) is 87.0 Å². The molecule has 3 aliphatic rings. The molecule has 14 nitrogen and oxygen atoms in total. The zero-order chi connectivity index (χ0) is 37.7. The minimum Gasteiger partial charge on any atom is -0.484 e. The fourth-order valence-electron chi connectivity index (χ4n) is 7.39. The topological polar surface area (TPSA) is 156 Å². The summed E-state index contributed by atoms with van der Waals surface area (Å²) in [6, 6.07) is 11.8. The van der Waals surface area contributed by atoms with Gasteiger partial charge in [-0.3, -0.25) is 14.4 Å². The number of aliphatic imine (C=N–C) groups is 1. The molecule has 4 aromatic rings. The van der Waals surface area contributed by atoms with Gasteiger partial charge < -0.3 is 29.8 Å². The lowest BCUT2D eigenvalue weighted by atomic mass is 9.85. The van der Waals surface area contributed by atoms with Gasteiger partial charge in [-0.1, -0.05) is 45.0 Å². The minimum atomic E-state index is -0.384. The number of anilines is 1. The van der Waals surface area contributed by atoms with E-state index in [4.69, 9.17) is 24.6 Å². The van der Waals surface area contributed by atoms with Crippen LogP contribution in [0.25, 0.3) is 5.65 Å². The van der Waals surface area contributed by atoms with E-state index in [1.165, 1.54) is 6.42 Å². The fraction of sp³-hybridized carbons (Fsp3) is 0.550. The highest BCUT2D eigenvalue weighted by Crippen LogP contribution is 2.39. The Morgan fingerprint density at radius 1 is 1.02 bits per heavy atom. The van der Waals surface area contributed by atoms with Crippen molar-refractivity contribution < 1.29 is 19.0 Å². The Bertz CT molecular complexity index is 1940. The summed E-state index contributed by atoms with van der Waals surface area (Å²) in [5.41, 5.74) is 3.51. The number of piperidine rings is 1. The van der Waals surface area contributed by atoms with E-state index in [0.29, 0.717) is 49.3 Å². The molecule has 54 heavy (non-hydrogen) atoms. The maximum atomic E-state index is 13.6. The van der Waals surface area contributed by atoms with Crippen molar-refractivity contribution in [3.05, 3.63) is 66.1 Å². The number of hydrogen-bond donors (Lipinski definition) is 3. The first-order valence-electron chi connectivity index (χ1n) is 19.5. The van der Waals surface area contributed by atoms with Crippen molar-refractivity contribution in [2.75, 3.05) is 24.7 Å². The summed E-state index contributed by atoms with van der Waals surface area (Å²) in [4.78, 5) is 20.7. The number of nitrogens with one attached hydrogen (secondary N) is 3. The first kappa shape index (κ1) is 37.5. The van der Waals surface area contributed by atoms with E-state index < -0.39 is 0 Å². The molecule has 3 aromatic heterocycles. The van der Waals surface area contributed by atoms with Gasteiger partial charge in [-0.2, -0.15) is 5.10 Å². The number of amidine groups is 1. The lowest BCUT2D eigenvalue weighted by Crippen LogP contribution is -2.43. The van der Waals surface area contributed by atoms with Gasteiger partial charge in [0.15, 0.2) is 11.9 Å². The van der Waals surface area contributed by atoms with Crippen molar-refractivity contribution in [3.8, 4) is 5.75 Å². The molecule has 5 heterocycles. The second-order valence-electron chi connectivity index (χ2n) is 15.7. The number of rotatable bonds is 11. The van der Waals surface area contributed by atoms with Crippen molar-refractivity contribution in [2.45, 2.75) is 117 Å². The Balaban J connectivity index is 1.02. The van der Waals surface area contributed by atoms with E-state index >= 15 is 0 Å². The van der Waals surface area contributed by atoms with Crippen LogP contribution in [0.3, 0.4) is 0 Å². The van der Waals surface area contributed by atoms with Crippen molar-refractivity contribution in [3.63, 3.8) is 0 Å². The van der Waals surface area contributed by atoms with Crippen LogP contribution in [0.15, 0.2) is 60.0 Å². The highest BCUT2D eigenvalue weighted by Gasteiger charge is 2.31. The minimum absolute atomic E-state index is 0.156. The van der Waals surface area contributed by atoms with Crippen LogP contribution < -0.4 is 20.3 Å². The van der Waals surface area contributed by atoms with Gasteiger partial charge in [0.25, 0.3) is 0 Å². The lowest BCUT2D eigenvalue weighted by Gasteiger charge is -2.33. The molecule has 4 atom stereocenters. The smallest absolute Gasteiger partial charge is 0.320 e. The third-order valence-corrected chi connectivity index (χ3v) is 10.6. The van der Waals surface area contributed by atoms with Crippen LogP contribution in [0.2, 0.25) is 0 Å². The summed E-state index contributed by atoms with van der Waals surface area (Å²) in [6.07, 6.45) is 13.3. The van der Waals surface area contributed by atoms with E-state index in [-0.39, 0.29) is 36.3 Å². The predicted molar refractivity (Wildman–Crippen MR) is 208 cm³/mol. The summed E-state index contributed by atoms with van der Waals surface area (Å²) < 4.78 is 22.0. The first-order chi connectivity index (χ1) is 26.1. The Morgan fingerprint density at radius 3 is 2.65 bits per heavy atom. The van der Waals surface area contributed by atoms with E-state index in [9.17, 15) is 4.79 Å². The molecule has 0 saturated carbocycles. The quantitative estimate of drug-likeness (QED) is 0.107. The molecule has 0 radical (unpaired) electrons. The molecule has 0 spiro atoms. The average molecular weight is 739 g/mol. The van der Waals surface area contributed by atoms with Gasteiger partial charge in [-0.25, -0.2) is 9.79 Å². The maximum absolute atomic E-state index is 13.6. The molecule has 7 rings (SSSR count). The molecule has 2 fully saturated rings. The fourth-order valence-corrected chi connectivity index (χ4v) is 7.39. The number of pyridine rings is 1. The second kappa shape index (κ2) is 16.7. The van der Waals surface area contributed by atoms with E-state index in [2.05, 4.69) is 49.9 Å². The van der Waals surface area contributed by atoms with Gasteiger partial charge in [0.05, 0.1) is 37.8 Å². The molecule has 4 unspecified atom stereocenters. The number of aromatic nitrogens is 5. The molecule has 288 valence electrons. The zero-order valence-corrected chi connectivity index (χ0v) is 32.0. The summed E-state index contributed by atoms with van der Waals surface area (Å²) in [5.74, 6) is 1.98. The number of fused-ring (bicyclic) bond motifs is 2. The molecule has 2 amide bonds. The summed E-state index contributed by atoms with van der Waals surface area (Å²) in [5, 5.41) is 28.3. The van der Waals surface area contributed by atoms with Gasteiger partial charge in [0.1, 0.15) is 23.4 Å². The number of carbonyl (C=O) groups is 1. The number of urea groups is 1. The van der Waals surface area contributed by atoms with Crippen molar-refractivity contribution in [1.29, 1.82) is 5.41 Å². The van der Waals surface area contributed by atoms with E-state index in [1.807, 2.05) is 61.8 Å². The Kier molecular flexibility index (Phi) is 11.6. The number of amides is 2. The third kappa shape index (κ3) is 9.09. The van der Waals surface area contributed by atoms with Gasteiger partial charge in [-0.15, -0.1) is 10.2 Å². The molecule has 0 bridgehead atoms. The number of hydrogen-bond acceptors (Lipinski definition) is 10. The molecule has 2 saturated heterocycles. The predicted octanol–water partition coefficient (Wildman–Crippen LogP) is 7.29.